The molecule has 0 fully saturated rings. The van der Waals surface area contributed by atoms with Crippen LogP contribution >= 0.6 is 22.9 Å². The van der Waals surface area contributed by atoms with Crippen molar-refractivity contribution in [1.29, 1.82) is 0 Å². The number of anilines is 2. The topological polar surface area (TPSA) is 67.4 Å². The van der Waals surface area contributed by atoms with E-state index < -0.39 is 0 Å². The number of thiophene rings is 1. The molecule has 190 valence electrons. The van der Waals surface area contributed by atoms with E-state index in [9.17, 15) is 9.59 Å². The first-order chi connectivity index (χ1) is 17.0. The van der Waals surface area contributed by atoms with Crippen LogP contribution in [-0.2, 0) is 17.6 Å². The van der Waals surface area contributed by atoms with E-state index in [4.69, 9.17) is 16.3 Å². The third-order valence-electron chi connectivity index (χ3n) is 6.77. The average molecular weight is 525 g/mol. The van der Waals surface area contributed by atoms with Crippen molar-refractivity contribution in [2.24, 2.45) is 11.3 Å². The van der Waals surface area contributed by atoms with Crippen molar-refractivity contribution >= 4 is 45.4 Å². The molecule has 2 N–H and O–H groups in total. The Bertz CT molecular complexity index is 1290. The maximum atomic E-state index is 13.6. The number of benzene rings is 2. The van der Waals surface area contributed by atoms with Crippen LogP contribution in [0.2, 0.25) is 5.02 Å². The molecule has 2 aromatic carbocycles. The largest absolute Gasteiger partial charge is 0.484 e. The minimum atomic E-state index is -0.318. The lowest BCUT2D eigenvalue weighted by Gasteiger charge is -2.33. The van der Waals surface area contributed by atoms with Crippen molar-refractivity contribution in [1.82, 2.24) is 0 Å². The maximum absolute atomic E-state index is 13.6. The number of halogens is 1. The Kier molecular flexibility index (Phi) is 7.76. The zero-order valence-electron chi connectivity index (χ0n) is 21.5. The number of hydrogen-bond acceptors (Lipinski definition) is 4. The molecule has 2 amide bonds. The number of fused-ring (bicyclic) bond motifs is 1. The Balaban J connectivity index is 1.59. The van der Waals surface area contributed by atoms with Crippen LogP contribution in [0.25, 0.3) is 0 Å². The lowest BCUT2D eigenvalue weighted by molar-refractivity contribution is -0.118. The fraction of sp³-hybridized carbons (Fsp3) is 0.379. The third kappa shape index (κ3) is 6.11. The summed E-state index contributed by atoms with van der Waals surface area (Å²) in [6.45, 7) is 10.6. The predicted molar refractivity (Wildman–Crippen MR) is 149 cm³/mol. The summed E-state index contributed by atoms with van der Waals surface area (Å²) in [6.07, 6.45) is 2.74. The normalized spacial score (nSPS) is 15.2. The fourth-order valence-corrected chi connectivity index (χ4v) is 6.18. The lowest BCUT2D eigenvalue weighted by Crippen LogP contribution is -2.27. The van der Waals surface area contributed by atoms with Crippen molar-refractivity contribution in [3.8, 4) is 5.75 Å². The van der Waals surface area contributed by atoms with E-state index >= 15 is 0 Å². The maximum Gasteiger partial charge on any atom is 0.262 e. The first-order valence-corrected chi connectivity index (χ1v) is 13.4. The van der Waals surface area contributed by atoms with Crippen LogP contribution in [0.1, 0.15) is 59.1 Å². The summed E-state index contributed by atoms with van der Waals surface area (Å²) >= 11 is 7.52. The molecular weight excluding hydrogens is 492 g/mol. The molecule has 0 aliphatic heterocycles. The quantitative estimate of drug-likeness (QED) is 0.352. The minimum Gasteiger partial charge on any atom is -0.484 e. The van der Waals surface area contributed by atoms with E-state index in [-0.39, 0.29) is 23.8 Å². The van der Waals surface area contributed by atoms with Crippen molar-refractivity contribution in [3.05, 3.63) is 74.6 Å². The molecule has 0 spiro atoms. The highest BCUT2D eigenvalue weighted by Gasteiger charge is 2.34. The van der Waals surface area contributed by atoms with Crippen molar-refractivity contribution < 1.29 is 14.3 Å². The molecule has 1 aromatic heterocycles. The molecule has 3 aromatic rings. The second kappa shape index (κ2) is 10.7. The van der Waals surface area contributed by atoms with Crippen molar-refractivity contribution in [2.45, 2.75) is 53.9 Å². The zero-order chi connectivity index (χ0) is 26.0. The smallest absolute Gasteiger partial charge is 0.262 e. The molecule has 4 rings (SSSR count). The van der Waals surface area contributed by atoms with Gasteiger partial charge in [0.15, 0.2) is 6.61 Å². The van der Waals surface area contributed by atoms with Crippen LogP contribution in [0, 0.1) is 25.2 Å². The molecule has 1 atom stereocenters. The van der Waals surface area contributed by atoms with Gasteiger partial charge in [0.05, 0.1) is 5.56 Å². The first-order valence-electron chi connectivity index (χ1n) is 12.2. The van der Waals surface area contributed by atoms with Crippen molar-refractivity contribution in [2.75, 3.05) is 17.2 Å². The average Bonchev–Trinajstić information content (AvgIpc) is 3.16. The van der Waals surface area contributed by atoms with Gasteiger partial charge in [-0.1, -0.05) is 56.1 Å². The molecule has 1 heterocycles. The van der Waals surface area contributed by atoms with Gasteiger partial charge in [0.2, 0.25) is 0 Å². The Hall–Kier alpha value is -2.83. The van der Waals surface area contributed by atoms with E-state index in [1.807, 2.05) is 32.0 Å². The summed E-state index contributed by atoms with van der Waals surface area (Å²) in [4.78, 5) is 27.6. The van der Waals surface area contributed by atoms with Gasteiger partial charge in [0, 0.05) is 15.6 Å². The van der Waals surface area contributed by atoms with Gasteiger partial charge in [-0.05, 0) is 79.8 Å². The number of carbonyl (C=O) groups excluding carboxylic acids is 2. The Morgan fingerprint density at radius 3 is 2.58 bits per heavy atom. The molecule has 1 aliphatic carbocycles. The summed E-state index contributed by atoms with van der Waals surface area (Å²) in [5, 5.41) is 7.16. The van der Waals surface area contributed by atoms with Crippen molar-refractivity contribution in [3.63, 3.8) is 0 Å². The van der Waals surface area contributed by atoms with Gasteiger partial charge in [-0.15, -0.1) is 11.3 Å². The molecule has 0 saturated carbocycles. The second-order valence-corrected chi connectivity index (χ2v) is 12.1. The van der Waals surface area contributed by atoms with Crippen LogP contribution in [0.3, 0.4) is 0 Å². The standard InChI is InChI=1S/C29H33ClN2O3S/c1-17-9-12-23(18(2)13-17)31-27(34)26-22-11-10-19(29(3,4)5)14-24(22)36-28(26)32-25(33)16-35-21-8-6-7-20(30)15-21/h6-9,12-13,15,19H,10-11,14,16H2,1-5H3,(H,31,34)(H,32,33). The monoisotopic (exact) mass is 524 g/mol. The SMILES string of the molecule is Cc1ccc(NC(=O)c2c(NC(=O)COc3cccc(Cl)c3)sc3c2CCC(C(C)(C)C)C3)c(C)c1. The zero-order valence-corrected chi connectivity index (χ0v) is 23.0. The molecule has 0 radical (unpaired) electrons. The Morgan fingerprint density at radius 2 is 1.89 bits per heavy atom. The lowest BCUT2D eigenvalue weighted by atomic mass is 9.72. The van der Waals surface area contributed by atoms with E-state index in [2.05, 4.69) is 31.4 Å². The summed E-state index contributed by atoms with van der Waals surface area (Å²) in [5.74, 6) is 0.527. The molecule has 1 aliphatic rings. The van der Waals surface area contributed by atoms with Gasteiger partial charge in [0.1, 0.15) is 10.8 Å². The number of carbonyl (C=O) groups is 2. The molecule has 36 heavy (non-hydrogen) atoms. The summed E-state index contributed by atoms with van der Waals surface area (Å²) in [7, 11) is 0. The van der Waals surface area contributed by atoms with Gasteiger partial charge in [0.25, 0.3) is 11.8 Å². The van der Waals surface area contributed by atoms with Crippen LogP contribution in [-0.4, -0.2) is 18.4 Å². The number of ether oxygens (including phenoxy) is 1. The van der Waals surface area contributed by atoms with Gasteiger partial charge in [-0.2, -0.15) is 0 Å². The number of amides is 2. The first kappa shape index (κ1) is 26.2. The molecule has 0 saturated heterocycles. The Labute approximate surface area is 222 Å². The van der Waals surface area contributed by atoms with Gasteiger partial charge < -0.3 is 15.4 Å². The van der Waals surface area contributed by atoms with Crippen LogP contribution < -0.4 is 15.4 Å². The molecule has 0 bridgehead atoms. The number of nitrogens with one attached hydrogen (secondary N) is 2. The molecular formula is C29H33ClN2O3S. The van der Waals surface area contributed by atoms with E-state index in [1.54, 1.807) is 24.3 Å². The fourth-order valence-electron chi connectivity index (χ4n) is 4.66. The minimum absolute atomic E-state index is 0.175. The highest BCUT2D eigenvalue weighted by Crippen LogP contribution is 2.44. The third-order valence-corrected chi connectivity index (χ3v) is 8.17. The predicted octanol–water partition coefficient (Wildman–Crippen LogP) is 7.44. The summed E-state index contributed by atoms with van der Waals surface area (Å²) in [5.41, 5.74) is 4.71. The van der Waals surface area contributed by atoms with E-state index in [0.717, 1.165) is 41.6 Å². The van der Waals surface area contributed by atoms with E-state index in [0.29, 0.717) is 27.3 Å². The van der Waals surface area contributed by atoms with Gasteiger partial charge in [-0.3, -0.25) is 9.59 Å². The van der Waals surface area contributed by atoms with Crippen LogP contribution in [0.15, 0.2) is 42.5 Å². The van der Waals surface area contributed by atoms with Gasteiger partial charge in [-0.25, -0.2) is 0 Å². The van der Waals surface area contributed by atoms with Crippen LogP contribution in [0.4, 0.5) is 10.7 Å². The van der Waals surface area contributed by atoms with Gasteiger partial charge >= 0.3 is 0 Å². The summed E-state index contributed by atoms with van der Waals surface area (Å²) < 4.78 is 5.62. The van der Waals surface area contributed by atoms with E-state index in [1.165, 1.54) is 16.2 Å². The van der Waals surface area contributed by atoms with Crippen LogP contribution in [0.5, 0.6) is 5.75 Å². The molecule has 5 nitrogen and oxygen atoms in total. The number of rotatable bonds is 6. The number of hydrogen-bond donors (Lipinski definition) is 2. The number of aryl methyl sites for hydroxylation is 2. The molecule has 7 heteroatoms. The Morgan fingerprint density at radius 1 is 1.11 bits per heavy atom. The molecule has 1 unspecified atom stereocenters. The summed E-state index contributed by atoms with van der Waals surface area (Å²) in [6, 6.07) is 12.9. The highest BCUT2D eigenvalue weighted by molar-refractivity contribution is 7.17. The second-order valence-electron chi connectivity index (χ2n) is 10.6. The highest BCUT2D eigenvalue weighted by atomic mass is 35.5.